The molecule has 1 aliphatic rings. The number of hydrogen-bond acceptors (Lipinski definition) is 4. The van der Waals surface area contributed by atoms with Gasteiger partial charge in [0.2, 0.25) is 11.8 Å². The van der Waals surface area contributed by atoms with E-state index in [-0.39, 0.29) is 23.7 Å². The molecule has 2 rings (SSSR count). The van der Waals surface area contributed by atoms with Crippen molar-refractivity contribution in [1.29, 1.82) is 0 Å². The van der Waals surface area contributed by atoms with Gasteiger partial charge in [-0.15, -0.1) is 11.8 Å². The van der Waals surface area contributed by atoms with Crippen LogP contribution in [0, 0.1) is 0 Å². The van der Waals surface area contributed by atoms with Crippen LogP contribution in [0.15, 0.2) is 24.3 Å². The predicted octanol–water partition coefficient (Wildman–Crippen LogP) is 1.68. The number of nitrogens with one attached hydrogen (secondary N) is 1. The third kappa shape index (κ3) is 4.12. The second kappa shape index (κ2) is 7.68. The van der Waals surface area contributed by atoms with E-state index in [0.717, 1.165) is 5.56 Å². The van der Waals surface area contributed by atoms with E-state index in [2.05, 4.69) is 5.32 Å². The number of ether oxygens (including phenoxy) is 1. The van der Waals surface area contributed by atoms with E-state index in [1.54, 1.807) is 18.1 Å². The van der Waals surface area contributed by atoms with Gasteiger partial charge in [0, 0.05) is 24.2 Å². The number of thioether (sulfide) groups is 1. The summed E-state index contributed by atoms with van der Waals surface area (Å²) in [4.78, 5) is 25.4. The van der Waals surface area contributed by atoms with Gasteiger partial charge in [-0.1, -0.05) is 29.8 Å². The van der Waals surface area contributed by atoms with Crippen molar-refractivity contribution in [3.05, 3.63) is 34.9 Å². The molecule has 1 atom stereocenters. The Morgan fingerprint density at radius 2 is 2.29 bits per heavy atom. The molecule has 0 aliphatic carbocycles. The van der Waals surface area contributed by atoms with E-state index < -0.39 is 0 Å². The predicted molar refractivity (Wildman–Crippen MR) is 83.2 cm³/mol. The topological polar surface area (TPSA) is 58.6 Å². The van der Waals surface area contributed by atoms with Crippen molar-refractivity contribution < 1.29 is 14.3 Å². The van der Waals surface area contributed by atoms with Crippen molar-refractivity contribution in [3.63, 3.8) is 0 Å². The van der Waals surface area contributed by atoms with Crippen molar-refractivity contribution in [2.45, 2.75) is 5.37 Å². The van der Waals surface area contributed by atoms with Crippen LogP contribution in [-0.2, 0) is 14.3 Å². The van der Waals surface area contributed by atoms with Gasteiger partial charge in [-0.2, -0.15) is 0 Å². The SMILES string of the molecule is COCCNC(=O)CN1C(=O)CSC1c1ccccc1Cl. The Kier molecular flexibility index (Phi) is 5.90. The number of carbonyl (C=O) groups excluding carboxylic acids is 2. The lowest BCUT2D eigenvalue weighted by molar-refractivity contribution is -0.133. The van der Waals surface area contributed by atoms with Crippen LogP contribution in [0.3, 0.4) is 0 Å². The molecule has 1 aromatic carbocycles. The number of hydrogen-bond donors (Lipinski definition) is 1. The van der Waals surface area contributed by atoms with Crippen LogP contribution < -0.4 is 5.32 Å². The molecule has 21 heavy (non-hydrogen) atoms. The highest BCUT2D eigenvalue weighted by atomic mass is 35.5. The molecule has 2 amide bonds. The number of halogens is 1. The van der Waals surface area contributed by atoms with Crippen LogP contribution in [0.25, 0.3) is 0 Å². The van der Waals surface area contributed by atoms with Gasteiger partial charge in [0.15, 0.2) is 0 Å². The molecule has 7 heteroatoms. The summed E-state index contributed by atoms with van der Waals surface area (Å²) in [6, 6.07) is 7.39. The summed E-state index contributed by atoms with van der Waals surface area (Å²) in [5.41, 5.74) is 0.861. The van der Waals surface area contributed by atoms with Crippen molar-refractivity contribution in [2.24, 2.45) is 0 Å². The van der Waals surface area contributed by atoms with Crippen LogP contribution in [0.1, 0.15) is 10.9 Å². The molecule has 0 bridgehead atoms. The molecule has 114 valence electrons. The molecule has 1 fully saturated rings. The van der Waals surface area contributed by atoms with Gasteiger partial charge < -0.3 is 15.0 Å². The Bertz CT molecular complexity index is 527. The zero-order valence-corrected chi connectivity index (χ0v) is 13.2. The minimum atomic E-state index is -0.209. The van der Waals surface area contributed by atoms with E-state index in [0.29, 0.717) is 23.9 Å². The highest BCUT2D eigenvalue weighted by molar-refractivity contribution is 8.00. The van der Waals surface area contributed by atoms with Gasteiger partial charge >= 0.3 is 0 Å². The highest BCUT2D eigenvalue weighted by Gasteiger charge is 2.34. The third-order valence-electron chi connectivity index (χ3n) is 3.08. The van der Waals surface area contributed by atoms with E-state index in [1.165, 1.54) is 11.8 Å². The van der Waals surface area contributed by atoms with Gasteiger partial charge in [-0.3, -0.25) is 9.59 Å². The van der Waals surface area contributed by atoms with E-state index in [1.807, 2.05) is 18.2 Å². The van der Waals surface area contributed by atoms with Gasteiger partial charge in [-0.25, -0.2) is 0 Å². The molecule has 1 aromatic rings. The summed E-state index contributed by atoms with van der Waals surface area (Å²) < 4.78 is 4.87. The number of nitrogens with zero attached hydrogens (tertiary/aromatic N) is 1. The van der Waals surface area contributed by atoms with E-state index in [4.69, 9.17) is 16.3 Å². The monoisotopic (exact) mass is 328 g/mol. The zero-order valence-electron chi connectivity index (χ0n) is 11.7. The first-order valence-corrected chi connectivity index (χ1v) is 7.97. The first-order chi connectivity index (χ1) is 10.1. The first-order valence-electron chi connectivity index (χ1n) is 6.54. The third-order valence-corrected chi connectivity index (χ3v) is 4.66. The molecule has 5 nitrogen and oxygen atoms in total. The van der Waals surface area contributed by atoms with E-state index >= 15 is 0 Å². The van der Waals surface area contributed by atoms with Crippen LogP contribution in [0.2, 0.25) is 5.02 Å². The van der Waals surface area contributed by atoms with Gasteiger partial charge in [0.1, 0.15) is 11.9 Å². The molecule has 1 unspecified atom stereocenters. The Morgan fingerprint density at radius 3 is 3.00 bits per heavy atom. The zero-order chi connectivity index (χ0) is 15.2. The number of amides is 2. The average molecular weight is 329 g/mol. The van der Waals surface area contributed by atoms with Crippen LogP contribution in [0.4, 0.5) is 0 Å². The summed E-state index contributed by atoms with van der Waals surface area (Å²) in [6.07, 6.45) is 0. The lowest BCUT2D eigenvalue weighted by Crippen LogP contribution is -2.40. The molecular weight excluding hydrogens is 312 g/mol. The van der Waals surface area contributed by atoms with Gasteiger partial charge in [-0.05, 0) is 6.07 Å². The standard InChI is InChI=1S/C14H17ClN2O3S/c1-20-7-6-16-12(18)8-17-13(19)9-21-14(17)10-4-2-3-5-11(10)15/h2-5,14H,6-9H2,1H3,(H,16,18). The second-order valence-corrected chi connectivity index (χ2v) is 6.02. The summed E-state index contributed by atoms with van der Waals surface area (Å²) in [6.45, 7) is 0.912. The maximum absolute atomic E-state index is 12.0. The quantitative estimate of drug-likeness (QED) is 0.807. The fourth-order valence-electron chi connectivity index (χ4n) is 2.06. The molecule has 1 N–H and O–H groups in total. The Hall–Kier alpha value is -1.24. The smallest absolute Gasteiger partial charge is 0.239 e. The first kappa shape index (κ1) is 16.1. The summed E-state index contributed by atoms with van der Waals surface area (Å²) >= 11 is 7.67. The summed E-state index contributed by atoms with van der Waals surface area (Å²) in [5.74, 6) is 0.119. The molecule has 1 saturated heterocycles. The Balaban J connectivity index is 2.04. The second-order valence-electron chi connectivity index (χ2n) is 4.55. The van der Waals surface area contributed by atoms with Gasteiger partial charge in [0.05, 0.1) is 12.4 Å². The van der Waals surface area contributed by atoms with Gasteiger partial charge in [0.25, 0.3) is 0 Å². The van der Waals surface area contributed by atoms with Crippen LogP contribution in [0.5, 0.6) is 0 Å². The molecule has 0 radical (unpaired) electrons. The molecule has 0 saturated carbocycles. The minimum Gasteiger partial charge on any atom is -0.383 e. The fourth-order valence-corrected chi connectivity index (χ4v) is 3.59. The van der Waals surface area contributed by atoms with Crippen LogP contribution in [-0.4, -0.2) is 49.3 Å². The van der Waals surface area contributed by atoms with Crippen molar-refractivity contribution in [2.75, 3.05) is 32.6 Å². The maximum Gasteiger partial charge on any atom is 0.239 e. The lowest BCUT2D eigenvalue weighted by atomic mass is 10.2. The number of carbonyl (C=O) groups is 2. The summed E-state index contributed by atoms with van der Waals surface area (Å²) in [7, 11) is 1.57. The molecule has 0 aromatic heterocycles. The highest BCUT2D eigenvalue weighted by Crippen LogP contribution is 2.40. The number of benzene rings is 1. The molecule has 0 spiro atoms. The van der Waals surface area contributed by atoms with Crippen LogP contribution >= 0.6 is 23.4 Å². The lowest BCUT2D eigenvalue weighted by Gasteiger charge is -2.24. The fraction of sp³-hybridized carbons (Fsp3) is 0.429. The number of rotatable bonds is 6. The van der Waals surface area contributed by atoms with Crippen molar-refractivity contribution in [1.82, 2.24) is 10.2 Å². The van der Waals surface area contributed by atoms with E-state index in [9.17, 15) is 9.59 Å². The molecular formula is C14H17ClN2O3S. The normalized spacial score (nSPS) is 18.1. The Morgan fingerprint density at radius 1 is 1.52 bits per heavy atom. The largest absolute Gasteiger partial charge is 0.383 e. The summed E-state index contributed by atoms with van der Waals surface area (Å²) in [5, 5.41) is 3.11. The van der Waals surface area contributed by atoms with Crippen molar-refractivity contribution >= 4 is 35.2 Å². The molecule has 1 heterocycles. The Labute approximate surface area is 133 Å². The molecule has 1 aliphatic heterocycles. The minimum absolute atomic E-state index is 0.0332. The average Bonchev–Trinajstić information content (AvgIpc) is 2.81. The van der Waals surface area contributed by atoms with Crippen molar-refractivity contribution in [3.8, 4) is 0 Å². The maximum atomic E-state index is 12.0. The number of methoxy groups -OCH3 is 1.